The maximum Gasteiger partial charge on any atom is 0.0996 e. The predicted molar refractivity (Wildman–Crippen MR) is 55.2 cm³/mol. The summed E-state index contributed by atoms with van der Waals surface area (Å²) in [6, 6.07) is 4.24. The van der Waals surface area contributed by atoms with Crippen LogP contribution in [0.2, 0.25) is 10.0 Å². The molecule has 1 aromatic rings. The van der Waals surface area contributed by atoms with E-state index < -0.39 is 6.04 Å². The Hall–Kier alpha value is -0.790. The van der Waals surface area contributed by atoms with Crippen LogP contribution in [0.4, 0.5) is 0 Å². The molecule has 0 aromatic heterocycles. The Morgan fingerprint density at radius 3 is 2.64 bits per heavy atom. The number of rotatable bonds is 2. The molecule has 14 heavy (non-hydrogen) atoms. The molecule has 3 N–H and O–H groups in total. The lowest BCUT2D eigenvalue weighted by Crippen LogP contribution is -2.16. The zero-order valence-corrected chi connectivity index (χ0v) is 8.68. The number of hydrogen-bond acceptors (Lipinski definition) is 3. The molecule has 0 saturated carbocycles. The summed E-state index contributed by atoms with van der Waals surface area (Å²) in [6.07, 6.45) is 0. The van der Waals surface area contributed by atoms with E-state index in [-0.39, 0.29) is 6.61 Å². The van der Waals surface area contributed by atoms with E-state index in [9.17, 15) is 0 Å². The van der Waals surface area contributed by atoms with Crippen molar-refractivity contribution in [2.24, 2.45) is 5.73 Å². The fourth-order valence-electron chi connectivity index (χ4n) is 1.15. The average Bonchev–Trinajstić information content (AvgIpc) is 2.15. The van der Waals surface area contributed by atoms with Gasteiger partial charge in [-0.3, -0.25) is 0 Å². The topological polar surface area (TPSA) is 70.0 Å². The monoisotopic (exact) mass is 230 g/mol. The molecule has 0 amide bonds. The van der Waals surface area contributed by atoms with Gasteiger partial charge in [-0.1, -0.05) is 23.2 Å². The van der Waals surface area contributed by atoms with E-state index in [1.165, 1.54) is 12.1 Å². The Labute approximate surface area is 91.7 Å². The summed E-state index contributed by atoms with van der Waals surface area (Å²) in [5.74, 6) is 0. The van der Waals surface area contributed by atoms with Gasteiger partial charge in [-0.25, -0.2) is 0 Å². The highest BCUT2D eigenvalue weighted by Crippen LogP contribution is 2.28. The molecule has 1 rings (SSSR count). The van der Waals surface area contributed by atoms with Gasteiger partial charge in [0.05, 0.1) is 24.3 Å². The quantitative estimate of drug-likeness (QED) is 0.815. The maximum atomic E-state index is 8.88. The molecule has 3 nitrogen and oxygen atoms in total. The SMILES string of the molecule is N#Cc1cc(Cl)cc(Cl)c1[C@H](N)CO. The first kappa shape index (κ1) is 11.3. The number of aliphatic hydroxyl groups is 1. The van der Waals surface area contributed by atoms with Gasteiger partial charge in [0.15, 0.2) is 0 Å². The molecular formula is C9H8Cl2N2O. The van der Waals surface area contributed by atoms with Crippen molar-refractivity contribution in [3.8, 4) is 6.07 Å². The average molecular weight is 231 g/mol. The zero-order chi connectivity index (χ0) is 10.7. The Morgan fingerprint density at radius 1 is 1.50 bits per heavy atom. The minimum atomic E-state index is -0.658. The first-order chi connectivity index (χ1) is 6.60. The molecule has 5 heteroatoms. The number of halogens is 2. The smallest absolute Gasteiger partial charge is 0.0996 e. The molecule has 0 bridgehead atoms. The van der Waals surface area contributed by atoms with Gasteiger partial charge in [0, 0.05) is 15.6 Å². The van der Waals surface area contributed by atoms with Crippen LogP contribution in [0.3, 0.4) is 0 Å². The molecule has 74 valence electrons. The van der Waals surface area contributed by atoms with Crippen molar-refractivity contribution in [3.63, 3.8) is 0 Å². The maximum absolute atomic E-state index is 8.88. The van der Waals surface area contributed by atoms with E-state index in [1.54, 1.807) is 0 Å². The highest BCUT2D eigenvalue weighted by Gasteiger charge is 2.15. The van der Waals surface area contributed by atoms with Crippen LogP contribution in [0.1, 0.15) is 17.2 Å². The van der Waals surface area contributed by atoms with Gasteiger partial charge in [-0.2, -0.15) is 5.26 Å². The van der Waals surface area contributed by atoms with Crippen LogP contribution < -0.4 is 5.73 Å². The molecule has 1 aromatic carbocycles. The lowest BCUT2D eigenvalue weighted by molar-refractivity contribution is 0.268. The Morgan fingerprint density at radius 2 is 2.14 bits per heavy atom. The second kappa shape index (κ2) is 4.63. The fraction of sp³-hybridized carbons (Fsp3) is 0.222. The first-order valence-corrected chi connectivity index (χ1v) is 4.61. The first-order valence-electron chi connectivity index (χ1n) is 3.85. The summed E-state index contributed by atoms with van der Waals surface area (Å²) in [5.41, 5.74) is 6.32. The lowest BCUT2D eigenvalue weighted by Gasteiger charge is -2.12. The van der Waals surface area contributed by atoms with E-state index in [4.69, 9.17) is 39.3 Å². The van der Waals surface area contributed by atoms with Crippen molar-refractivity contribution in [2.75, 3.05) is 6.61 Å². The van der Waals surface area contributed by atoms with Gasteiger partial charge in [-0.15, -0.1) is 0 Å². The van der Waals surface area contributed by atoms with Crippen molar-refractivity contribution in [2.45, 2.75) is 6.04 Å². The molecule has 0 aliphatic heterocycles. The molecule has 0 aliphatic carbocycles. The molecule has 0 saturated heterocycles. The largest absolute Gasteiger partial charge is 0.394 e. The van der Waals surface area contributed by atoms with Crippen molar-refractivity contribution in [1.82, 2.24) is 0 Å². The lowest BCUT2D eigenvalue weighted by atomic mass is 10.0. The van der Waals surface area contributed by atoms with Gasteiger partial charge in [0.25, 0.3) is 0 Å². The normalized spacial score (nSPS) is 12.2. The second-order valence-electron chi connectivity index (χ2n) is 2.75. The van der Waals surface area contributed by atoms with E-state index in [1.807, 2.05) is 6.07 Å². The number of nitrogens with zero attached hydrogens (tertiary/aromatic N) is 1. The predicted octanol–water partition coefficient (Wildman–Crippen LogP) is 1.86. The van der Waals surface area contributed by atoms with E-state index in [2.05, 4.69) is 0 Å². The minimum absolute atomic E-state index is 0.268. The fourth-order valence-corrected chi connectivity index (χ4v) is 1.78. The van der Waals surface area contributed by atoms with Gasteiger partial charge in [-0.05, 0) is 12.1 Å². The molecular weight excluding hydrogens is 223 g/mol. The van der Waals surface area contributed by atoms with E-state index >= 15 is 0 Å². The molecule has 0 heterocycles. The van der Waals surface area contributed by atoms with Crippen LogP contribution in [-0.2, 0) is 0 Å². The summed E-state index contributed by atoms with van der Waals surface area (Å²) in [6.45, 7) is -0.268. The van der Waals surface area contributed by atoms with Crippen LogP contribution >= 0.6 is 23.2 Å². The second-order valence-corrected chi connectivity index (χ2v) is 3.59. The van der Waals surface area contributed by atoms with Crippen molar-refractivity contribution < 1.29 is 5.11 Å². The van der Waals surface area contributed by atoms with Crippen LogP contribution in [0.25, 0.3) is 0 Å². The molecule has 0 unspecified atom stereocenters. The summed E-state index contributed by atoms with van der Waals surface area (Å²) in [5, 5.41) is 18.4. The third-order valence-corrected chi connectivity index (χ3v) is 2.31. The van der Waals surface area contributed by atoms with Crippen LogP contribution in [-0.4, -0.2) is 11.7 Å². The van der Waals surface area contributed by atoms with Gasteiger partial charge < -0.3 is 10.8 Å². The number of aliphatic hydroxyl groups excluding tert-OH is 1. The van der Waals surface area contributed by atoms with E-state index in [0.29, 0.717) is 21.2 Å². The highest BCUT2D eigenvalue weighted by atomic mass is 35.5. The molecule has 0 fully saturated rings. The number of benzene rings is 1. The Kier molecular flexibility index (Phi) is 3.73. The van der Waals surface area contributed by atoms with Gasteiger partial charge >= 0.3 is 0 Å². The number of nitriles is 1. The third-order valence-electron chi connectivity index (χ3n) is 1.78. The zero-order valence-electron chi connectivity index (χ0n) is 7.17. The summed E-state index contributed by atoms with van der Waals surface area (Å²) in [4.78, 5) is 0. The van der Waals surface area contributed by atoms with Gasteiger partial charge in [0.2, 0.25) is 0 Å². The molecule has 1 atom stereocenters. The van der Waals surface area contributed by atoms with Crippen molar-refractivity contribution in [1.29, 1.82) is 5.26 Å². The van der Waals surface area contributed by atoms with Crippen LogP contribution in [0.5, 0.6) is 0 Å². The molecule has 0 radical (unpaired) electrons. The third kappa shape index (κ3) is 2.17. The molecule has 0 spiro atoms. The molecule has 0 aliphatic rings. The minimum Gasteiger partial charge on any atom is -0.394 e. The Bertz CT molecular complexity index is 387. The Balaban J connectivity index is 3.34. The number of nitrogens with two attached hydrogens (primary N) is 1. The summed E-state index contributed by atoms with van der Waals surface area (Å²) >= 11 is 11.6. The van der Waals surface area contributed by atoms with Crippen LogP contribution in [0.15, 0.2) is 12.1 Å². The van der Waals surface area contributed by atoms with Gasteiger partial charge in [0.1, 0.15) is 0 Å². The standard InChI is InChI=1S/C9H8Cl2N2O/c10-6-1-5(3-12)9(7(11)2-6)8(13)4-14/h1-2,8,14H,4,13H2/t8-/m1/s1. The van der Waals surface area contributed by atoms with Crippen molar-refractivity contribution >= 4 is 23.2 Å². The van der Waals surface area contributed by atoms with Crippen molar-refractivity contribution in [3.05, 3.63) is 33.3 Å². The van der Waals surface area contributed by atoms with E-state index in [0.717, 1.165) is 0 Å². The summed E-state index contributed by atoms with van der Waals surface area (Å²) in [7, 11) is 0. The highest BCUT2D eigenvalue weighted by molar-refractivity contribution is 6.35. The number of hydrogen-bond donors (Lipinski definition) is 2. The van der Waals surface area contributed by atoms with Crippen LogP contribution in [0, 0.1) is 11.3 Å². The summed E-state index contributed by atoms with van der Waals surface area (Å²) < 4.78 is 0.